The molecule has 1 heterocycles. The molecule has 100 valence electrons. The fourth-order valence-corrected chi connectivity index (χ4v) is 2.52. The number of rotatable bonds is 4. The van der Waals surface area contributed by atoms with Crippen molar-refractivity contribution in [2.24, 2.45) is 0 Å². The number of morpholine rings is 1. The largest absolute Gasteiger partial charge is 0.487 e. The van der Waals surface area contributed by atoms with Gasteiger partial charge in [-0.25, -0.2) is 0 Å². The van der Waals surface area contributed by atoms with Crippen molar-refractivity contribution in [1.82, 2.24) is 4.90 Å². The van der Waals surface area contributed by atoms with Crippen LogP contribution in [0.2, 0.25) is 0 Å². The number of likely N-dealkylation sites (N-methyl/N-ethyl adjacent to an activating group) is 1. The third-order valence-electron chi connectivity index (χ3n) is 3.08. The van der Waals surface area contributed by atoms with Crippen LogP contribution in [0.5, 0.6) is 5.75 Å². The Hall–Kier alpha value is -0.780. The summed E-state index contributed by atoms with van der Waals surface area (Å²) in [6, 6.07) is 5.65. The van der Waals surface area contributed by atoms with Crippen LogP contribution in [-0.2, 0) is 4.74 Å². The van der Waals surface area contributed by atoms with Gasteiger partial charge in [-0.2, -0.15) is 0 Å². The fraction of sp³-hybridized carbons (Fsp3) is 0.538. The molecule has 1 aliphatic heterocycles. The summed E-state index contributed by atoms with van der Waals surface area (Å²) in [4.78, 5) is 2.36. The van der Waals surface area contributed by atoms with Crippen LogP contribution < -0.4 is 10.5 Å². The Balaban J connectivity index is 1.91. The average molecular weight is 315 g/mol. The molecule has 4 nitrogen and oxygen atoms in total. The van der Waals surface area contributed by atoms with E-state index >= 15 is 0 Å². The molecule has 1 fully saturated rings. The highest BCUT2D eigenvalue weighted by molar-refractivity contribution is 9.10. The molecule has 1 saturated heterocycles. The van der Waals surface area contributed by atoms with E-state index in [1.807, 2.05) is 18.2 Å². The van der Waals surface area contributed by atoms with Crippen LogP contribution >= 0.6 is 15.9 Å². The van der Waals surface area contributed by atoms with Gasteiger partial charge in [0.15, 0.2) is 5.75 Å². The summed E-state index contributed by atoms with van der Waals surface area (Å²) in [7, 11) is 0. The number of hydrogen-bond donors (Lipinski definition) is 1. The monoisotopic (exact) mass is 314 g/mol. The summed E-state index contributed by atoms with van der Waals surface area (Å²) < 4.78 is 12.3. The van der Waals surface area contributed by atoms with E-state index in [9.17, 15) is 0 Å². The lowest BCUT2D eigenvalue weighted by atomic mass is 10.2. The number of hydrogen-bond acceptors (Lipinski definition) is 4. The van der Waals surface area contributed by atoms with Crippen molar-refractivity contribution in [3.63, 3.8) is 0 Å². The molecule has 0 radical (unpaired) electrons. The average Bonchev–Trinajstić information content (AvgIpc) is 2.38. The van der Waals surface area contributed by atoms with Crippen LogP contribution in [-0.4, -0.2) is 43.9 Å². The van der Waals surface area contributed by atoms with Crippen molar-refractivity contribution >= 4 is 21.6 Å². The minimum atomic E-state index is 0.116. The molecule has 1 aromatic rings. The summed E-state index contributed by atoms with van der Waals surface area (Å²) in [5, 5.41) is 0. The first-order valence-electron chi connectivity index (χ1n) is 6.21. The topological polar surface area (TPSA) is 47.7 Å². The highest BCUT2D eigenvalue weighted by Crippen LogP contribution is 2.31. The molecule has 1 aliphatic rings. The summed E-state index contributed by atoms with van der Waals surface area (Å²) in [5.41, 5.74) is 6.53. The Kier molecular flexibility index (Phi) is 4.86. The maximum atomic E-state index is 5.88. The molecule has 2 N–H and O–H groups in total. The Morgan fingerprint density at radius 1 is 1.56 bits per heavy atom. The van der Waals surface area contributed by atoms with Gasteiger partial charge in [0.05, 0.1) is 16.8 Å². The summed E-state index contributed by atoms with van der Waals surface area (Å²) in [6.45, 7) is 6.44. The smallest absolute Gasteiger partial charge is 0.156 e. The number of nitrogens with two attached hydrogens (primary N) is 1. The second-order valence-corrected chi connectivity index (χ2v) is 5.21. The lowest BCUT2D eigenvalue weighted by Crippen LogP contribution is -2.44. The SMILES string of the molecule is CCN1CCOC(COc2c(N)cccc2Br)C1. The third-order valence-corrected chi connectivity index (χ3v) is 3.71. The predicted molar refractivity (Wildman–Crippen MR) is 75.9 cm³/mol. The quantitative estimate of drug-likeness (QED) is 0.865. The molecule has 1 atom stereocenters. The van der Waals surface area contributed by atoms with Gasteiger partial charge in [0.25, 0.3) is 0 Å². The molecule has 0 saturated carbocycles. The molecular formula is C13H19BrN2O2. The van der Waals surface area contributed by atoms with E-state index in [4.69, 9.17) is 15.2 Å². The van der Waals surface area contributed by atoms with Crippen molar-refractivity contribution in [3.8, 4) is 5.75 Å². The third kappa shape index (κ3) is 3.37. The molecule has 18 heavy (non-hydrogen) atoms. The van der Waals surface area contributed by atoms with Gasteiger partial charge in [-0.3, -0.25) is 4.90 Å². The number of benzene rings is 1. The lowest BCUT2D eigenvalue weighted by molar-refractivity contribution is -0.0463. The van der Waals surface area contributed by atoms with E-state index in [0.29, 0.717) is 18.0 Å². The standard InChI is InChI=1S/C13H19BrN2O2/c1-2-16-6-7-17-10(8-16)9-18-13-11(14)4-3-5-12(13)15/h3-5,10H,2,6-9,15H2,1H3. The maximum Gasteiger partial charge on any atom is 0.156 e. The first-order chi connectivity index (χ1) is 8.70. The Labute approximate surface area is 116 Å². The van der Waals surface area contributed by atoms with Gasteiger partial charge in [0, 0.05) is 13.1 Å². The van der Waals surface area contributed by atoms with Gasteiger partial charge in [-0.15, -0.1) is 0 Å². The first-order valence-corrected chi connectivity index (χ1v) is 7.00. The van der Waals surface area contributed by atoms with E-state index in [0.717, 1.165) is 30.7 Å². The molecule has 1 unspecified atom stereocenters. The lowest BCUT2D eigenvalue weighted by Gasteiger charge is -2.32. The zero-order valence-corrected chi connectivity index (χ0v) is 12.1. The van der Waals surface area contributed by atoms with Crippen molar-refractivity contribution < 1.29 is 9.47 Å². The number of para-hydroxylation sites is 1. The van der Waals surface area contributed by atoms with Gasteiger partial charge in [0.1, 0.15) is 12.7 Å². The van der Waals surface area contributed by atoms with Crippen LogP contribution in [0.15, 0.2) is 22.7 Å². The van der Waals surface area contributed by atoms with Crippen LogP contribution in [0.25, 0.3) is 0 Å². The van der Waals surface area contributed by atoms with Gasteiger partial charge < -0.3 is 15.2 Å². The molecule has 0 aromatic heterocycles. The second-order valence-electron chi connectivity index (χ2n) is 4.36. The zero-order valence-electron chi connectivity index (χ0n) is 10.6. The van der Waals surface area contributed by atoms with Crippen molar-refractivity contribution in [2.45, 2.75) is 13.0 Å². The normalized spacial score (nSPS) is 20.9. The number of nitrogens with zero attached hydrogens (tertiary/aromatic N) is 1. The number of nitrogen functional groups attached to an aromatic ring is 1. The predicted octanol–water partition coefficient (Wildman–Crippen LogP) is 2.13. The Morgan fingerprint density at radius 2 is 2.39 bits per heavy atom. The minimum Gasteiger partial charge on any atom is -0.487 e. The highest BCUT2D eigenvalue weighted by Gasteiger charge is 2.20. The summed E-state index contributed by atoms with van der Waals surface area (Å²) >= 11 is 3.44. The van der Waals surface area contributed by atoms with Crippen LogP contribution in [0.1, 0.15) is 6.92 Å². The van der Waals surface area contributed by atoms with Gasteiger partial charge in [-0.05, 0) is 34.6 Å². The second kappa shape index (κ2) is 6.41. The molecule has 0 bridgehead atoms. The molecule has 0 amide bonds. The molecule has 0 spiro atoms. The Bertz CT molecular complexity index is 380. The first kappa shape index (κ1) is 13.6. The van der Waals surface area contributed by atoms with Crippen molar-refractivity contribution in [1.29, 1.82) is 0 Å². The molecule has 5 heteroatoms. The van der Waals surface area contributed by atoms with Crippen LogP contribution in [0, 0.1) is 0 Å². The number of anilines is 1. The Morgan fingerprint density at radius 3 is 3.11 bits per heavy atom. The zero-order chi connectivity index (χ0) is 13.0. The van der Waals surface area contributed by atoms with Crippen molar-refractivity contribution in [2.75, 3.05) is 38.6 Å². The van der Waals surface area contributed by atoms with Crippen LogP contribution in [0.4, 0.5) is 5.69 Å². The van der Waals surface area contributed by atoms with E-state index in [1.165, 1.54) is 0 Å². The number of halogens is 1. The number of ether oxygens (including phenoxy) is 2. The fourth-order valence-electron chi connectivity index (χ4n) is 2.02. The van der Waals surface area contributed by atoms with E-state index < -0.39 is 0 Å². The summed E-state index contributed by atoms with van der Waals surface area (Å²) in [6.07, 6.45) is 0.116. The van der Waals surface area contributed by atoms with E-state index in [-0.39, 0.29) is 6.10 Å². The molecule has 2 rings (SSSR count). The van der Waals surface area contributed by atoms with Crippen molar-refractivity contribution in [3.05, 3.63) is 22.7 Å². The molecule has 0 aliphatic carbocycles. The minimum absolute atomic E-state index is 0.116. The molecular weight excluding hydrogens is 296 g/mol. The molecule has 1 aromatic carbocycles. The van der Waals surface area contributed by atoms with Gasteiger partial charge in [-0.1, -0.05) is 13.0 Å². The maximum absolute atomic E-state index is 5.88. The van der Waals surface area contributed by atoms with E-state index in [2.05, 4.69) is 27.8 Å². The van der Waals surface area contributed by atoms with Gasteiger partial charge in [0.2, 0.25) is 0 Å². The highest BCUT2D eigenvalue weighted by atomic mass is 79.9. The van der Waals surface area contributed by atoms with E-state index in [1.54, 1.807) is 0 Å². The van der Waals surface area contributed by atoms with Gasteiger partial charge >= 0.3 is 0 Å². The van der Waals surface area contributed by atoms with Crippen LogP contribution in [0.3, 0.4) is 0 Å². The summed E-state index contributed by atoms with van der Waals surface area (Å²) in [5.74, 6) is 0.703.